The van der Waals surface area contributed by atoms with Gasteiger partial charge in [0.05, 0.1) is 18.3 Å². The van der Waals surface area contributed by atoms with E-state index in [-0.39, 0.29) is 5.91 Å². The molecule has 0 unspecified atom stereocenters. The molecule has 3 rings (SSSR count). The molecule has 25 heavy (non-hydrogen) atoms. The van der Waals surface area contributed by atoms with Crippen molar-refractivity contribution >= 4 is 11.6 Å². The average molecular weight is 333 g/mol. The van der Waals surface area contributed by atoms with Gasteiger partial charge in [0.25, 0.3) is 0 Å². The molecule has 0 aliphatic heterocycles. The summed E-state index contributed by atoms with van der Waals surface area (Å²) in [7, 11) is 0. The normalized spacial score (nSPS) is 11.9. The van der Waals surface area contributed by atoms with E-state index in [1.165, 1.54) is 5.56 Å². The van der Waals surface area contributed by atoms with Gasteiger partial charge in [-0.1, -0.05) is 44.2 Å². The van der Waals surface area contributed by atoms with Crippen LogP contribution in [0.5, 0.6) is 0 Å². The first kappa shape index (κ1) is 17.0. The maximum atomic E-state index is 12.3. The Hall–Kier alpha value is -2.88. The number of benzene rings is 2. The third-order valence-electron chi connectivity index (χ3n) is 4.40. The first-order valence-corrected chi connectivity index (χ1v) is 8.64. The fourth-order valence-electron chi connectivity index (χ4n) is 2.69. The SMILES string of the molecule is CC[C@@H](C)c1ccc(NC(=O)Cc2cnn(-c3ccccc3)c2)cc1. The molecule has 0 spiro atoms. The van der Waals surface area contributed by atoms with E-state index in [9.17, 15) is 4.79 Å². The molecule has 3 aromatic rings. The summed E-state index contributed by atoms with van der Waals surface area (Å²) in [5, 5.41) is 7.27. The van der Waals surface area contributed by atoms with Crippen molar-refractivity contribution in [2.75, 3.05) is 5.32 Å². The van der Waals surface area contributed by atoms with Crippen LogP contribution in [0.4, 0.5) is 5.69 Å². The predicted molar refractivity (Wildman–Crippen MR) is 101 cm³/mol. The van der Waals surface area contributed by atoms with Gasteiger partial charge in [-0.15, -0.1) is 0 Å². The zero-order valence-corrected chi connectivity index (χ0v) is 14.6. The lowest BCUT2D eigenvalue weighted by molar-refractivity contribution is -0.115. The molecular formula is C21H23N3O. The molecule has 0 saturated carbocycles. The molecule has 1 aromatic heterocycles. The van der Waals surface area contributed by atoms with Crippen LogP contribution < -0.4 is 5.32 Å². The Morgan fingerprint density at radius 3 is 2.52 bits per heavy atom. The molecule has 4 nitrogen and oxygen atoms in total. The molecule has 1 amide bonds. The standard InChI is InChI=1S/C21H23N3O/c1-3-16(2)18-9-11-19(12-10-18)23-21(25)13-17-14-22-24(15-17)20-7-5-4-6-8-20/h4-12,14-16H,3,13H2,1-2H3,(H,23,25)/t16-/m1/s1. The summed E-state index contributed by atoms with van der Waals surface area (Å²) in [6, 6.07) is 18.0. The van der Waals surface area contributed by atoms with Crippen LogP contribution in [0, 0.1) is 0 Å². The largest absolute Gasteiger partial charge is 0.326 e. The van der Waals surface area contributed by atoms with Crippen molar-refractivity contribution in [3.05, 3.63) is 78.1 Å². The zero-order valence-electron chi connectivity index (χ0n) is 14.6. The van der Waals surface area contributed by atoms with Crippen LogP contribution in [0.15, 0.2) is 67.0 Å². The average Bonchev–Trinajstić information content (AvgIpc) is 3.10. The van der Waals surface area contributed by atoms with Gasteiger partial charge in [-0.2, -0.15) is 5.10 Å². The number of rotatable bonds is 6. The summed E-state index contributed by atoms with van der Waals surface area (Å²) in [6.45, 7) is 4.38. The van der Waals surface area contributed by atoms with Crippen molar-refractivity contribution < 1.29 is 4.79 Å². The Kier molecular flexibility index (Phi) is 5.29. The van der Waals surface area contributed by atoms with E-state index in [2.05, 4.69) is 36.4 Å². The van der Waals surface area contributed by atoms with Gasteiger partial charge in [-0.05, 0) is 47.7 Å². The van der Waals surface area contributed by atoms with Crippen LogP contribution in [0.25, 0.3) is 5.69 Å². The van der Waals surface area contributed by atoms with E-state index in [1.807, 2.05) is 48.7 Å². The number of nitrogens with zero attached hydrogens (tertiary/aromatic N) is 2. The molecule has 1 atom stereocenters. The molecule has 0 radical (unpaired) electrons. The van der Waals surface area contributed by atoms with Crippen LogP contribution in [0.3, 0.4) is 0 Å². The van der Waals surface area contributed by atoms with E-state index >= 15 is 0 Å². The number of para-hydroxylation sites is 1. The quantitative estimate of drug-likeness (QED) is 0.718. The fourth-order valence-corrected chi connectivity index (χ4v) is 2.69. The predicted octanol–water partition coefficient (Wildman–Crippen LogP) is 4.57. The zero-order chi connectivity index (χ0) is 17.6. The molecule has 128 valence electrons. The van der Waals surface area contributed by atoms with E-state index in [4.69, 9.17) is 0 Å². The van der Waals surface area contributed by atoms with Gasteiger partial charge < -0.3 is 5.32 Å². The fraction of sp³-hybridized carbons (Fsp3) is 0.238. The van der Waals surface area contributed by atoms with Crippen molar-refractivity contribution in [2.24, 2.45) is 0 Å². The first-order chi connectivity index (χ1) is 12.2. The Balaban J connectivity index is 1.60. The molecular weight excluding hydrogens is 310 g/mol. The molecule has 4 heteroatoms. The number of nitrogens with one attached hydrogen (secondary N) is 1. The molecule has 0 aliphatic carbocycles. The van der Waals surface area contributed by atoms with Gasteiger partial charge >= 0.3 is 0 Å². The lowest BCUT2D eigenvalue weighted by Crippen LogP contribution is -2.14. The van der Waals surface area contributed by atoms with Crippen LogP contribution >= 0.6 is 0 Å². The second kappa shape index (κ2) is 7.79. The highest BCUT2D eigenvalue weighted by Crippen LogP contribution is 2.20. The number of carbonyl (C=O) groups excluding carboxylic acids is 1. The first-order valence-electron chi connectivity index (χ1n) is 8.64. The highest BCUT2D eigenvalue weighted by molar-refractivity contribution is 5.92. The van der Waals surface area contributed by atoms with Gasteiger partial charge in [-0.3, -0.25) is 4.79 Å². The lowest BCUT2D eigenvalue weighted by atomic mass is 9.99. The maximum Gasteiger partial charge on any atom is 0.228 e. The van der Waals surface area contributed by atoms with Crippen molar-refractivity contribution in [1.29, 1.82) is 0 Å². The highest BCUT2D eigenvalue weighted by atomic mass is 16.1. The number of hydrogen-bond donors (Lipinski definition) is 1. The number of carbonyl (C=O) groups is 1. The summed E-state index contributed by atoms with van der Waals surface area (Å²) in [5.41, 5.74) is 3.99. The van der Waals surface area contributed by atoms with E-state index in [0.29, 0.717) is 12.3 Å². The minimum atomic E-state index is -0.0381. The van der Waals surface area contributed by atoms with E-state index < -0.39 is 0 Å². The number of aromatic nitrogens is 2. The van der Waals surface area contributed by atoms with E-state index in [0.717, 1.165) is 23.4 Å². The third-order valence-corrected chi connectivity index (χ3v) is 4.40. The number of amides is 1. The summed E-state index contributed by atoms with van der Waals surface area (Å²) in [6.07, 6.45) is 5.04. The van der Waals surface area contributed by atoms with Gasteiger partial charge in [0.1, 0.15) is 0 Å². The lowest BCUT2D eigenvalue weighted by Gasteiger charge is -2.10. The van der Waals surface area contributed by atoms with Gasteiger partial charge in [0.2, 0.25) is 5.91 Å². The second-order valence-electron chi connectivity index (χ2n) is 6.28. The second-order valence-corrected chi connectivity index (χ2v) is 6.28. The van der Waals surface area contributed by atoms with Crippen molar-refractivity contribution in [3.63, 3.8) is 0 Å². The van der Waals surface area contributed by atoms with Crippen molar-refractivity contribution in [2.45, 2.75) is 32.6 Å². The molecule has 0 bridgehead atoms. The summed E-state index contributed by atoms with van der Waals surface area (Å²) < 4.78 is 1.78. The van der Waals surface area contributed by atoms with Crippen LogP contribution in [-0.4, -0.2) is 15.7 Å². The Labute approximate surface area is 148 Å². The summed E-state index contributed by atoms with van der Waals surface area (Å²) in [4.78, 5) is 12.3. The summed E-state index contributed by atoms with van der Waals surface area (Å²) in [5.74, 6) is 0.498. The Bertz CT molecular complexity index is 822. The number of anilines is 1. The maximum absolute atomic E-state index is 12.3. The van der Waals surface area contributed by atoms with E-state index in [1.54, 1.807) is 10.9 Å². The highest BCUT2D eigenvalue weighted by Gasteiger charge is 2.08. The molecule has 0 fully saturated rings. The smallest absolute Gasteiger partial charge is 0.228 e. The van der Waals surface area contributed by atoms with Crippen LogP contribution in [0.1, 0.15) is 37.3 Å². The van der Waals surface area contributed by atoms with Gasteiger partial charge in [0, 0.05) is 11.9 Å². The minimum Gasteiger partial charge on any atom is -0.326 e. The van der Waals surface area contributed by atoms with Gasteiger partial charge in [0.15, 0.2) is 0 Å². The third kappa shape index (κ3) is 4.35. The topological polar surface area (TPSA) is 46.9 Å². The Morgan fingerprint density at radius 1 is 1.12 bits per heavy atom. The molecule has 0 saturated heterocycles. The van der Waals surface area contributed by atoms with Crippen LogP contribution in [-0.2, 0) is 11.2 Å². The Morgan fingerprint density at radius 2 is 1.84 bits per heavy atom. The molecule has 1 heterocycles. The molecule has 0 aliphatic rings. The minimum absolute atomic E-state index is 0.0381. The van der Waals surface area contributed by atoms with Crippen molar-refractivity contribution in [1.82, 2.24) is 9.78 Å². The van der Waals surface area contributed by atoms with Crippen molar-refractivity contribution in [3.8, 4) is 5.69 Å². The van der Waals surface area contributed by atoms with Gasteiger partial charge in [-0.25, -0.2) is 4.68 Å². The van der Waals surface area contributed by atoms with Crippen LogP contribution in [0.2, 0.25) is 0 Å². The summed E-state index contributed by atoms with van der Waals surface area (Å²) >= 11 is 0. The molecule has 2 aromatic carbocycles. The number of hydrogen-bond acceptors (Lipinski definition) is 2. The monoisotopic (exact) mass is 333 g/mol. The molecule has 1 N–H and O–H groups in total.